The zero-order valence-corrected chi connectivity index (χ0v) is 15.5. The molecule has 0 radical (unpaired) electrons. The molecule has 7 nitrogen and oxygen atoms in total. The average molecular weight is 413 g/mol. The van der Waals surface area contributed by atoms with Crippen LogP contribution in [-0.2, 0) is 7.67 Å². The topological polar surface area (TPSA) is 103 Å². The van der Waals surface area contributed by atoms with Crippen LogP contribution in [0.15, 0.2) is 60.9 Å². The molecule has 0 amide bonds. The van der Waals surface area contributed by atoms with Crippen LogP contribution < -0.4 is 0 Å². The van der Waals surface area contributed by atoms with Crippen LogP contribution >= 0.6 is 0 Å². The van der Waals surface area contributed by atoms with Crippen LogP contribution in [0.3, 0.4) is 0 Å². The molecule has 0 unspecified atom stereocenters. The third-order valence-corrected chi connectivity index (χ3v) is 3.21. The van der Waals surface area contributed by atoms with E-state index in [-0.39, 0.29) is 0 Å². The first kappa shape index (κ1) is 19.2. The number of pyridine rings is 4. The van der Waals surface area contributed by atoms with Gasteiger partial charge >= 0.3 is 22.5 Å². The molecule has 26 heavy (non-hydrogen) atoms. The van der Waals surface area contributed by atoms with Gasteiger partial charge in [0.1, 0.15) is 5.69 Å². The van der Waals surface area contributed by atoms with Crippen molar-refractivity contribution < 1.29 is 12.5 Å². The fourth-order valence-corrected chi connectivity index (χ4v) is 2.08. The van der Waals surface area contributed by atoms with Crippen molar-refractivity contribution in [1.82, 2.24) is 19.9 Å². The van der Waals surface area contributed by atoms with Gasteiger partial charge in [-0.15, -0.1) is 0 Å². The van der Waals surface area contributed by atoms with Crippen LogP contribution in [0.2, 0.25) is 0 Å². The van der Waals surface area contributed by atoms with Gasteiger partial charge in [-0.2, -0.15) is 0 Å². The maximum atomic E-state index is 10.4. The van der Waals surface area contributed by atoms with Crippen LogP contribution in [0.4, 0.5) is 0 Å². The first-order chi connectivity index (χ1) is 12.7. The Morgan fingerprint density at radius 3 is 1.92 bits per heavy atom. The van der Waals surface area contributed by atoms with Gasteiger partial charge in [-0.25, -0.2) is 19.9 Å². The summed E-state index contributed by atoms with van der Waals surface area (Å²) in [5, 5.41) is 2.04. The maximum absolute atomic E-state index is 10.4. The van der Waals surface area contributed by atoms with Crippen molar-refractivity contribution in [1.29, 1.82) is 0 Å². The third kappa shape index (κ3) is 5.47. The molecule has 0 aliphatic carbocycles. The Bertz CT molecular complexity index is 1070. The predicted molar refractivity (Wildman–Crippen MR) is 96.3 cm³/mol. The van der Waals surface area contributed by atoms with E-state index >= 15 is 0 Å². The van der Waals surface area contributed by atoms with Gasteiger partial charge in [0, 0.05) is 28.9 Å². The Hall–Kier alpha value is -3.09. The van der Waals surface area contributed by atoms with Gasteiger partial charge in [-0.3, -0.25) is 4.79 Å². The molecule has 0 aliphatic heterocycles. The van der Waals surface area contributed by atoms with Crippen LogP contribution in [-0.4, -0.2) is 41.0 Å². The summed E-state index contributed by atoms with van der Waals surface area (Å²) >= 11 is -1.62. The number of carbonyl (C=O) groups excluding carboxylic acids is 1. The Balaban J connectivity index is 0.000000163. The summed E-state index contributed by atoms with van der Waals surface area (Å²) in [5.41, 5.74) is 2.87. The molecule has 8 heteroatoms. The molecular formula is C18H14N4O3Se. The molecule has 4 aromatic heterocycles. The van der Waals surface area contributed by atoms with E-state index < -0.39 is 14.8 Å². The molecule has 4 heterocycles. The van der Waals surface area contributed by atoms with Crippen molar-refractivity contribution in [3.8, 4) is 0 Å². The number of aldehydes is 1. The number of carbonyl (C=O) groups is 1. The number of hydrogen-bond acceptors (Lipinski definition) is 7. The summed E-state index contributed by atoms with van der Waals surface area (Å²) in [6.07, 6.45) is 4.13. The third-order valence-electron chi connectivity index (χ3n) is 3.21. The second-order valence-electron chi connectivity index (χ2n) is 4.97. The monoisotopic (exact) mass is 414 g/mol. The molecule has 4 aromatic rings. The van der Waals surface area contributed by atoms with Gasteiger partial charge in [0.15, 0.2) is 17.6 Å². The zero-order chi connectivity index (χ0) is 18.8. The summed E-state index contributed by atoms with van der Waals surface area (Å²) < 4.78 is 16.9. The van der Waals surface area contributed by atoms with E-state index in [1.54, 1.807) is 18.5 Å². The van der Waals surface area contributed by atoms with Crippen molar-refractivity contribution >= 4 is 43.2 Å². The minimum absolute atomic E-state index is 0.418. The predicted octanol–water partition coefficient (Wildman–Crippen LogP) is 2.76. The Kier molecular flexibility index (Phi) is 7.42. The average Bonchev–Trinajstić information content (AvgIpc) is 2.68. The number of fused-ring (bicyclic) bond motifs is 2. The first-order valence-electron chi connectivity index (χ1n) is 7.45. The van der Waals surface area contributed by atoms with Crippen molar-refractivity contribution in [2.75, 3.05) is 0 Å². The van der Waals surface area contributed by atoms with E-state index in [1.807, 2.05) is 49.4 Å². The van der Waals surface area contributed by atoms with Crippen molar-refractivity contribution in [3.63, 3.8) is 0 Å². The standard InChI is InChI=1S/C9H6N2O.C9H8N2.O2Se/c12-6-8-4-3-7-2-1-5-10-9(7)11-8;1-7-4-5-8-3-2-6-10-9(8)11-7;1-3-2/h1-6H;2-6H,1H3;. The Morgan fingerprint density at radius 1 is 0.808 bits per heavy atom. The second-order valence-corrected chi connectivity index (χ2v) is 5.26. The molecule has 0 bridgehead atoms. The van der Waals surface area contributed by atoms with E-state index in [1.165, 1.54) is 0 Å². The van der Waals surface area contributed by atoms with Gasteiger partial charge in [-0.1, -0.05) is 0 Å². The molecular weight excluding hydrogens is 399 g/mol. The van der Waals surface area contributed by atoms with Crippen molar-refractivity contribution in [3.05, 3.63) is 72.3 Å². The molecule has 4 rings (SSSR count). The Morgan fingerprint density at radius 2 is 1.35 bits per heavy atom. The van der Waals surface area contributed by atoms with E-state index in [4.69, 9.17) is 7.67 Å². The fourth-order valence-electron chi connectivity index (χ4n) is 2.08. The van der Waals surface area contributed by atoms with Crippen molar-refractivity contribution in [2.45, 2.75) is 6.92 Å². The van der Waals surface area contributed by atoms with Crippen LogP contribution in [0, 0.1) is 6.92 Å². The van der Waals surface area contributed by atoms with E-state index in [0.717, 1.165) is 22.1 Å². The zero-order valence-electron chi connectivity index (χ0n) is 13.8. The van der Waals surface area contributed by atoms with Crippen LogP contribution in [0.1, 0.15) is 16.2 Å². The summed E-state index contributed by atoms with van der Waals surface area (Å²) in [6.45, 7) is 1.97. The first-order valence-corrected chi connectivity index (χ1v) is 8.85. The van der Waals surface area contributed by atoms with Gasteiger partial charge in [0.25, 0.3) is 0 Å². The van der Waals surface area contributed by atoms with E-state index in [9.17, 15) is 4.79 Å². The molecule has 130 valence electrons. The minimum atomic E-state index is -1.62. The van der Waals surface area contributed by atoms with E-state index in [2.05, 4.69) is 19.9 Å². The quantitative estimate of drug-likeness (QED) is 0.349. The van der Waals surface area contributed by atoms with Gasteiger partial charge in [0.05, 0.1) is 0 Å². The molecule has 0 fully saturated rings. The van der Waals surface area contributed by atoms with Crippen molar-refractivity contribution in [2.24, 2.45) is 0 Å². The number of nitrogens with zero attached hydrogens (tertiary/aromatic N) is 4. The molecule has 0 atom stereocenters. The summed E-state index contributed by atoms with van der Waals surface area (Å²) in [7, 11) is 0. The number of aryl methyl sites for hydroxylation is 1. The molecule has 0 aliphatic rings. The number of aromatic nitrogens is 4. The van der Waals surface area contributed by atoms with E-state index in [0.29, 0.717) is 17.6 Å². The van der Waals surface area contributed by atoms with Gasteiger partial charge in [0.2, 0.25) is 0 Å². The number of rotatable bonds is 1. The summed E-state index contributed by atoms with van der Waals surface area (Å²) in [6, 6.07) is 15.2. The van der Waals surface area contributed by atoms with Crippen LogP contribution in [0.5, 0.6) is 0 Å². The molecule has 0 N–H and O–H groups in total. The molecule has 0 spiro atoms. The van der Waals surface area contributed by atoms with Gasteiger partial charge < -0.3 is 0 Å². The molecule has 0 aromatic carbocycles. The summed E-state index contributed by atoms with van der Waals surface area (Å²) in [4.78, 5) is 26.8. The SMILES string of the molecule is Cc1ccc2cccnc2n1.O=Cc1ccc2cccnc2n1.O=[Se]=O. The van der Waals surface area contributed by atoms with Gasteiger partial charge in [-0.05, 0) is 55.5 Å². The summed E-state index contributed by atoms with van der Waals surface area (Å²) in [5.74, 6) is 0. The Labute approximate surface area is 155 Å². The normalized spacial score (nSPS) is 9.42. The fraction of sp³-hybridized carbons (Fsp3) is 0.0556. The number of hydrogen-bond donors (Lipinski definition) is 0. The second kappa shape index (κ2) is 10.0. The molecule has 0 saturated heterocycles. The van der Waals surface area contributed by atoms with Crippen LogP contribution in [0.25, 0.3) is 22.1 Å². The molecule has 0 saturated carbocycles.